The average Bonchev–Trinajstić information content (AvgIpc) is 2.84. The molecule has 0 saturated carbocycles. The Morgan fingerprint density at radius 1 is 1.06 bits per heavy atom. The molecule has 0 fully saturated rings. The summed E-state index contributed by atoms with van der Waals surface area (Å²) in [5.41, 5.74) is -0.523. The van der Waals surface area contributed by atoms with Gasteiger partial charge in [0, 0.05) is 10.7 Å². The fourth-order valence-corrected chi connectivity index (χ4v) is 4.54. The molecule has 0 spiro atoms. The maximum absolute atomic E-state index is 13.3. The van der Waals surface area contributed by atoms with Crippen LogP contribution in [0.4, 0.5) is 0 Å². The van der Waals surface area contributed by atoms with Crippen molar-refractivity contribution < 1.29 is 17.9 Å². The van der Waals surface area contributed by atoms with Crippen LogP contribution in [-0.2, 0) is 9.84 Å². The molecule has 2 heterocycles. The molecule has 4 aromatic rings. The van der Waals surface area contributed by atoms with Crippen LogP contribution < -0.4 is 15.0 Å². The number of allylic oxidation sites excluding steroid dienone is 1. The van der Waals surface area contributed by atoms with Gasteiger partial charge in [0.25, 0.3) is 5.56 Å². The van der Waals surface area contributed by atoms with Gasteiger partial charge in [-0.1, -0.05) is 34.1 Å². The molecule has 0 amide bonds. The number of benzene rings is 2. The van der Waals surface area contributed by atoms with Crippen molar-refractivity contribution in [2.75, 3.05) is 7.11 Å². The second-order valence-corrected chi connectivity index (χ2v) is 9.73. The Hall–Kier alpha value is -3.94. The van der Waals surface area contributed by atoms with Gasteiger partial charge in [-0.3, -0.25) is 9.20 Å². The highest BCUT2D eigenvalue weighted by molar-refractivity contribution is 9.10. The topological polar surface area (TPSA) is 111 Å². The van der Waals surface area contributed by atoms with Gasteiger partial charge < -0.3 is 9.47 Å². The first-order valence-corrected chi connectivity index (χ1v) is 12.1. The fraction of sp³-hybridized carbons (Fsp3) is 0.0417. The molecule has 8 nitrogen and oxygen atoms in total. The minimum absolute atomic E-state index is 0.0930. The van der Waals surface area contributed by atoms with Crippen molar-refractivity contribution in [3.8, 4) is 23.4 Å². The molecule has 170 valence electrons. The monoisotopic (exact) mass is 537 g/mol. The largest absolute Gasteiger partial charge is 0.493 e. The number of methoxy groups -OCH3 is 1. The number of hydrogen-bond donors (Lipinski definition) is 0. The van der Waals surface area contributed by atoms with Crippen molar-refractivity contribution in [1.82, 2.24) is 9.38 Å². The minimum atomic E-state index is -4.22. The Bertz CT molecular complexity index is 1620. The van der Waals surface area contributed by atoms with E-state index in [2.05, 4.69) is 20.9 Å². The Kier molecular flexibility index (Phi) is 6.49. The third-order valence-electron chi connectivity index (χ3n) is 4.81. The summed E-state index contributed by atoms with van der Waals surface area (Å²) in [4.78, 5) is 17.0. The molecule has 0 aliphatic carbocycles. The number of rotatable bonds is 6. The van der Waals surface area contributed by atoms with Crippen molar-refractivity contribution >= 4 is 37.5 Å². The Morgan fingerprint density at radius 3 is 2.41 bits per heavy atom. The maximum atomic E-state index is 13.3. The number of nitrogens with zero attached hydrogens (tertiary/aromatic N) is 3. The lowest BCUT2D eigenvalue weighted by Gasteiger charge is -2.12. The summed E-state index contributed by atoms with van der Waals surface area (Å²) in [7, 11) is -2.75. The molecule has 0 radical (unpaired) electrons. The smallest absolute Gasteiger partial charge is 0.269 e. The van der Waals surface area contributed by atoms with Crippen LogP contribution in [0.1, 0.15) is 5.56 Å². The molecule has 0 aliphatic rings. The second-order valence-electron chi connectivity index (χ2n) is 6.90. The SMILES string of the molecule is COc1ccccc1Oc1nc2ccccn2c(=O)c1C=C(C#N)S(=O)(=O)c1ccc(Br)cc1. The van der Waals surface area contributed by atoms with Crippen LogP contribution in [0.5, 0.6) is 17.4 Å². The molecule has 0 atom stereocenters. The molecule has 0 aliphatic heterocycles. The zero-order valence-electron chi connectivity index (χ0n) is 17.7. The molecule has 2 aromatic carbocycles. The Morgan fingerprint density at radius 2 is 1.74 bits per heavy atom. The zero-order valence-corrected chi connectivity index (χ0v) is 20.1. The summed E-state index contributed by atoms with van der Waals surface area (Å²) in [6, 6.07) is 19.2. The third kappa shape index (κ3) is 4.44. The van der Waals surface area contributed by atoms with Crippen LogP contribution in [-0.4, -0.2) is 24.9 Å². The van der Waals surface area contributed by atoms with Gasteiger partial charge in [0.2, 0.25) is 15.7 Å². The summed E-state index contributed by atoms with van der Waals surface area (Å²) in [5, 5.41) is 9.71. The molecule has 34 heavy (non-hydrogen) atoms. The molecule has 0 bridgehead atoms. The van der Waals surface area contributed by atoms with E-state index in [1.807, 2.05) is 0 Å². The average molecular weight is 538 g/mol. The van der Waals surface area contributed by atoms with Gasteiger partial charge in [-0.05, 0) is 54.6 Å². The highest BCUT2D eigenvalue weighted by Gasteiger charge is 2.24. The third-order valence-corrected chi connectivity index (χ3v) is 7.02. The predicted molar refractivity (Wildman–Crippen MR) is 129 cm³/mol. The number of ether oxygens (including phenoxy) is 2. The van der Waals surface area contributed by atoms with E-state index in [1.54, 1.807) is 60.7 Å². The van der Waals surface area contributed by atoms with Crippen LogP contribution in [0.2, 0.25) is 0 Å². The van der Waals surface area contributed by atoms with Crippen molar-refractivity contribution in [3.63, 3.8) is 0 Å². The van der Waals surface area contributed by atoms with Gasteiger partial charge in [0.1, 0.15) is 22.2 Å². The van der Waals surface area contributed by atoms with E-state index in [1.165, 1.54) is 29.8 Å². The highest BCUT2D eigenvalue weighted by atomic mass is 79.9. The molecular weight excluding hydrogens is 522 g/mol. The minimum Gasteiger partial charge on any atom is -0.493 e. The number of nitriles is 1. The van der Waals surface area contributed by atoms with Crippen molar-refractivity contribution in [2.45, 2.75) is 4.90 Å². The number of aromatic nitrogens is 2. The molecule has 0 saturated heterocycles. The van der Waals surface area contributed by atoms with Crippen molar-refractivity contribution in [2.24, 2.45) is 0 Å². The summed E-state index contributed by atoms with van der Waals surface area (Å²) in [6.07, 6.45) is 2.47. The molecule has 4 rings (SSSR count). The van der Waals surface area contributed by atoms with Crippen LogP contribution in [0.3, 0.4) is 0 Å². The van der Waals surface area contributed by atoms with Gasteiger partial charge in [0.15, 0.2) is 11.5 Å². The van der Waals surface area contributed by atoms with E-state index in [0.717, 1.165) is 6.08 Å². The second kappa shape index (κ2) is 9.51. The van der Waals surface area contributed by atoms with Crippen LogP contribution in [0.15, 0.2) is 92.0 Å². The molecule has 0 unspecified atom stereocenters. The van der Waals surface area contributed by atoms with E-state index in [9.17, 15) is 18.5 Å². The quantitative estimate of drug-likeness (QED) is 0.330. The van der Waals surface area contributed by atoms with E-state index >= 15 is 0 Å². The van der Waals surface area contributed by atoms with E-state index in [0.29, 0.717) is 10.2 Å². The molecule has 2 aromatic heterocycles. The molecule has 0 N–H and O–H groups in total. The van der Waals surface area contributed by atoms with Gasteiger partial charge in [0.05, 0.1) is 12.0 Å². The normalized spacial score (nSPS) is 11.7. The van der Waals surface area contributed by atoms with Gasteiger partial charge in [-0.25, -0.2) is 8.42 Å². The first kappa shape index (κ1) is 23.2. The van der Waals surface area contributed by atoms with Crippen LogP contribution >= 0.6 is 15.9 Å². The van der Waals surface area contributed by atoms with Crippen molar-refractivity contribution in [3.05, 3.63) is 98.2 Å². The predicted octanol–water partition coefficient (Wildman–Crippen LogP) is 4.60. The van der Waals surface area contributed by atoms with Crippen molar-refractivity contribution in [1.29, 1.82) is 5.26 Å². The lowest BCUT2D eigenvalue weighted by molar-refractivity contribution is 0.374. The first-order chi connectivity index (χ1) is 16.3. The van der Waals surface area contributed by atoms with Gasteiger partial charge in [-0.2, -0.15) is 10.2 Å². The van der Waals surface area contributed by atoms with E-state index < -0.39 is 20.3 Å². The number of halogens is 1. The Labute approximate surface area is 203 Å². The molecular formula is C24H16BrN3O5S. The van der Waals surface area contributed by atoms with E-state index in [-0.39, 0.29) is 27.7 Å². The van der Waals surface area contributed by atoms with E-state index in [4.69, 9.17) is 9.47 Å². The fourth-order valence-electron chi connectivity index (χ4n) is 3.13. The number of para-hydroxylation sites is 2. The number of pyridine rings is 1. The van der Waals surface area contributed by atoms with Crippen LogP contribution in [0.25, 0.3) is 11.7 Å². The Balaban J connectivity index is 1.94. The summed E-state index contributed by atoms with van der Waals surface area (Å²) >= 11 is 3.25. The lowest BCUT2D eigenvalue weighted by Crippen LogP contribution is -2.19. The van der Waals surface area contributed by atoms with Gasteiger partial charge >= 0.3 is 0 Å². The zero-order chi connectivity index (χ0) is 24.3. The number of hydrogen-bond acceptors (Lipinski definition) is 7. The summed E-state index contributed by atoms with van der Waals surface area (Å²) in [5.74, 6) is 0.482. The number of sulfone groups is 1. The van der Waals surface area contributed by atoms with Gasteiger partial charge in [-0.15, -0.1) is 0 Å². The highest BCUT2D eigenvalue weighted by Crippen LogP contribution is 2.32. The standard InChI is InChI=1S/C24H16BrN3O5S/c1-32-20-6-2-3-7-21(20)33-23-19(24(29)28-13-5-4-8-22(28)27-23)14-18(15-26)34(30,31)17-11-9-16(25)10-12-17/h2-14H,1H3. The molecule has 10 heteroatoms. The summed E-state index contributed by atoms with van der Waals surface area (Å²) < 4.78 is 39.4. The lowest BCUT2D eigenvalue weighted by atomic mass is 10.2. The summed E-state index contributed by atoms with van der Waals surface area (Å²) in [6.45, 7) is 0. The number of fused-ring (bicyclic) bond motifs is 1. The maximum Gasteiger partial charge on any atom is 0.269 e. The van der Waals surface area contributed by atoms with Crippen LogP contribution in [0, 0.1) is 11.3 Å². The first-order valence-electron chi connectivity index (χ1n) is 9.80.